The van der Waals surface area contributed by atoms with Gasteiger partial charge in [0.15, 0.2) is 5.96 Å². The maximum absolute atomic E-state index is 12.9. The van der Waals surface area contributed by atoms with Gasteiger partial charge in [-0.25, -0.2) is 14.4 Å². The van der Waals surface area contributed by atoms with Crippen LogP contribution in [-0.4, -0.2) is 18.1 Å². The number of ether oxygens (including phenoxy) is 2. The molecule has 0 spiro atoms. The number of benzene rings is 2. The van der Waals surface area contributed by atoms with Crippen molar-refractivity contribution in [3.63, 3.8) is 0 Å². The van der Waals surface area contributed by atoms with Crippen LogP contribution < -0.4 is 20.5 Å². The summed E-state index contributed by atoms with van der Waals surface area (Å²) in [4.78, 5) is 8.51. The van der Waals surface area contributed by atoms with Gasteiger partial charge in [-0.05, 0) is 42.0 Å². The predicted octanol–water partition coefficient (Wildman–Crippen LogP) is 3.95. The average molecular weight is 366 g/mol. The molecule has 0 radical (unpaired) electrons. The molecule has 2 aromatic carbocycles. The molecule has 3 N–H and O–H groups in total. The fourth-order valence-electron chi connectivity index (χ4n) is 2.25. The molecule has 1 heterocycles. The van der Waals surface area contributed by atoms with Gasteiger partial charge in [0.25, 0.3) is 0 Å². The van der Waals surface area contributed by atoms with E-state index >= 15 is 0 Å². The predicted molar refractivity (Wildman–Crippen MR) is 103 cm³/mol. The lowest BCUT2D eigenvalue weighted by molar-refractivity contribution is 0.415. The van der Waals surface area contributed by atoms with Gasteiger partial charge in [-0.15, -0.1) is 0 Å². The normalized spacial score (nSPS) is 11.1. The molecule has 0 saturated carbocycles. The smallest absolute Gasteiger partial charge is 0.219 e. The minimum Gasteiger partial charge on any atom is -0.497 e. The number of methoxy groups -OCH3 is 1. The Hall–Kier alpha value is -3.61. The number of pyridine rings is 1. The van der Waals surface area contributed by atoms with Crippen LogP contribution in [0.1, 0.15) is 5.56 Å². The summed E-state index contributed by atoms with van der Waals surface area (Å²) in [6, 6.07) is 16.7. The lowest BCUT2D eigenvalue weighted by atomic mass is 10.3. The van der Waals surface area contributed by atoms with E-state index in [2.05, 4.69) is 15.3 Å². The number of hydrogen-bond donors (Lipinski definition) is 2. The molecule has 0 fully saturated rings. The second-order valence-electron chi connectivity index (χ2n) is 5.62. The molecule has 7 heteroatoms. The number of nitrogens with two attached hydrogens (primary N) is 1. The largest absolute Gasteiger partial charge is 0.497 e. The van der Waals surface area contributed by atoms with Crippen molar-refractivity contribution in [2.75, 3.05) is 12.4 Å². The van der Waals surface area contributed by atoms with Gasteiger partial charge in [-0.3, -0.25) is 0 Å². The Morgan fingerprint density at radius 1 is 1.11 bits per heavy atom. The van der Waals surface area contributed by atoms with Crippen molar-refractivity contribution in [3.05, 3.63) is 78.2 Å². The number of nitrogens with one attached hydrogen (secondary N) is 1. The molecule has 0 unspecified atom stereocenters. The number of aromatic nitrogens is 1. The Balaban J connectivity index is 1.57. The van der Waals surface area contributed by atoms with E-state index < -0.39 is 0 Å². The summed E-state index contributed by atoms with van der Waals surface area (Å²) in [6.07, 6.45) is 1.65. The maximum Gasteiger partial charge on any atom is 0.219 e. The van der Waals surface area contributed by atoms with E-state index in [9.17, 15) is 4.39 Å². The zero-order valence-corrected chi connectivity index (χ0v) is 14.7. The van der Waals surface area contributed by atoms with Gasteiger partial charge in [0.2, 0.25) is 5.88 Å². The fraction of sp³-hybridized carbons (Fsp3) is 0.100. The van der Waals surface area contributed by atoms with Crippen molar-refractivity contribution in [2.45, 2.75) is 6.54 Å². The Morgan fingerprint density at radius 3 is 2.63 bits per heavy atom. The van der Waals surface area contributed by atoms with E-state index in [1.165, 1.54) is 12.1 Å². The first-order chi connectivity index (χ1) is 13.1. The number of nitrogens with zero attached hydrogens (tertiary/aromatic N) is 2. The zero-order valence-electron chi connectivity index (χ0n) is 14.7. The van der Waals surface area contributed by atoms with Gasteiger partial charge >= 0.3 is 0 Å². The van der Waals surface area contributed by atoms with Crippen LogP contribution in [0.5, 0.6) is 17.4 Å². The Morgan fingerprint density at radius 2 is 1.93 bits per heavy atom. The van der Waals surface area contributed by atoms with E-state index in [0.29, 0.717) is 18.2 Å². The standard InChI is InChI=1S/C20H19FN4O2/c1-26-18-4-2-3-16(11-18)25-20(22)24-13-14-5-10-19(23-12-14)27-17-8-6-15(21)7-9-17/h2-12H,13H2,1H3,(H3,22,24,25). The zero-order chi connectivity index (χ0) is 19.1. The van der Waals surface area contributed by atoms with Crippen LogP contribution in [0, 0.1) is 5.82 Å². The molecule has 0 aliphatic rings. The van der Waals surface area contributed by atoms with Crippen molar-refractivity contribution in [2.24, 2.45) is 10.7 Å². The molecule has 0 atom stereocenters. The number of halogens is 1. The number of guanidine groups is 1. The molecule has 0 aliphatic carbocycles. The van der Waals surface area contributed by atoms with E-state index in [1.54, 1.807) is 31.5 Å². The Bertz CT molecular complexity index is 912. The average Bonchev–Trinajstić information content (AvgIpc) is 2.69. The third-order valence-electron chi connectivity index (χ3n) is 3.61. The monoisotopic (exact) mass is 366 g/mol. The van der Waals surface area contributed by atoms with Crippen LogP contribution in [-0.2, 0) is 6.54 Å². The van der Waals surface area contributed by atoms with E-state index in [0.717, 1.165) is 17.0 Å². The summed E-state index contributed by atoms with van der Waals surface area (Å²) in [5.41, 5.74) is 7.57. The third-order valence-corrected chi connectivity index (χ3v) is 3.61. The highest BCUT2D eigenvalue weighted by molar-refractivity contribution is 5.92. The van der Waals surface area contributed by atoms with E-state index in [-0.39, 0.29) is 11.8 Å². The molecule has 0 amide bonds. The molecule has 27 heavy (non-hydrogen) atoms. The fourth-order valence-corrected chi connectivity index (χ4v) is 2.25. The van der Waals surface area contributed by atoms with Crippen molar-refractivity contribution < 1.29 is 13.9 Å². The van der Waals surface area contributed by atoms with Crippen molar-refractivity contribution in [1.82, 2.24) is 4.98 Å². The number of rotatable bonds is 6. The van der Waals surface area contributed by atoms with Gasteiger partial charge < -0.3 is 20.5 Å². The number of anilines is 1. The van der Waals surface area contributed by atoms with Crippen molar-refractivity contribution in [3.8, 4) is 17.4 Å². The molecule has 3 aromatic rings. The summed E-state index contributed by atoms with van der Waals surface area (Å²) < 4.78 is 23.6. The van der Waals surface area contributed by atoms with Gasteiger partial charge in [0.05, 0.1) is 13.7 Å². The van der Waals surface area contributed by atoms with Crippen LogP contribution in [0.2, 0.25) is 0 Å². The topological polar surface area (TPSA) is 81.8 Å². The summed E-state index contributed by atoms with van der Waals surface area (Å²) in [5.74, 6) is 1.63. The van der Waals surface area contributed by atoms with E-state index in [1.807, 2.05) is 30.3 Å². The lowest BCUT2D eigenvalue weighted by Crippen LogP contribution is -2.22. The summed E-state index contributed by atoms with van der Waals surface area (Å²) in [7, 11) is 1.60. The van der Waals surface area contributed by atoms with Crippen LogP contribution >= 0.6 is 0 Å². The van der Waals surface area contributed by atoms with Gasteiger partial charge in [0.1, 0.15) is 17.3 Å². The molecule has 3 rings (SSSR count). The van der Waals surface area contributed by atoms with Crippen molar-refractivity contribution in [1.29, 1.82) is 0 Å². The highest BCUT2D eigenvalue weighted by Gasteiger charge is 2.01. The summed E-state index contributed by atoms with van der Waals surface area (Å²) in [5, 5.41) is 3.01. The molecular weight excluding hydrogens is 347 g/mol. The Kier molecular flexibility index (Phi) is 5.84. The molecule has 0 saturated heterocycles. The minimum atomic E-state index is -0.316. The molecule has 0 bridgehead atoms. The molecule has 1 aromatic heterocycles. The molecular formula is C20H19FN4O2. The molecule has 6 nitrogen and oxygen atoms in total. The van der Waals surface area contributed by atoms with Gasteiger partial charge in [-0.2, -0.15) is 0 Å². The maximum atomic E-state index is 12.9. The van der Waals surface area contributed by atoms with Crippen molar-refractivity contribution >= 4 is 11.6 Å². The van der Waals surface area contributed by atoms with Gasteiger partial charge in [0, 0.05) is 24.0 Å². The van der Waals surface area contributed by atoms with Crippen LogP contribution in [0.25, 0.3) is 0 Å². The highest BCUT2D eigenvalue weighted by atomic mass is 19.1. The molecule has 138 valence electrons. The van der Waals surface area contributed by atoms with Crippen LogP contribution in [0.3, 0.4) is 0 Å². The molecule has 0 aliphatic heterocycles. The number of aliphatic imine (C=N–C) groups is 1. The minimum absolute atomic E-state index is 0.287. The Labute approximate surface area is 156 Å². The first kappa shape index (κ1) is 18.2. The van der Waals surface area contributed by atoms with Crippen LogP contribution in [0.15, 0.2) is 71.9 Å². The second-order valence-corrected chi connectivity index (χ2v) is 5.62. The van der Waals surface area contributed by atoms with E-state index in [4.69, 9.17) is 15.2 Å². The van der Waals surface area contributed by atoms with Gasteiger partial charge in [-0.1, -0.05) is 12.1 Å². The number of hydrogen-bond acceptors (Lipinski definition) is 4. The SMILES string of the molecule is COc1cccc(NC(N)=NCc2ccc(Oc3ccc(F)cc3)nc2)c1. The lowest BCUT2D eigenvalue weighted by Gasteiger charge is -2.08. The first-order valence-electron chi connectivity index (χ1n) is 8.22. The quantitative estimate of drug-likeness (QED) is 0.510. The first-order valence-corrected chi connectivity index (χ1v) is 8.22. The highest BCUT2D eigenvalue weighted by Crippen LogP contribution is 2.20. The summed E-state index contributed by atoms with van der Waals surface area (Å²) in [6.45, 7) is 0.368. The van der Waals surface area contributed by atoms with Crippen LogP contribution in [0.4, 0.5) is 10.1 Å². The summed E-state index contributed by atoms with van der Waals surface area (Å²) >= 11 is 0. The third kappa shape index (κ3) is 5.43. The second kappa shape index (κ2) is 8.66.